The molecule has 1 aromatic carbocycles. The highest BCUT2D eigenvalue weighted by molar-refractivity contribution is 7.05. The third kappa shape index (κ3) is 3.26. The Morgan fingerprint density at radius 2 is 2.04 bits per heavy atom. The van der Waals surface area contributed by atoms with Crippen molar-refractivity contribution in [2.75, 3.05) is 18.0 Å². The molecule has 1 aromatic heterocycles. The Balaban J connectivity index is 1.31. The van der Waals surface area contributed by atoms with Crippen molar-refractivity contribution in [2.24, 2.45) is 0 Å². The number of nitrogens with one attached hydrogen (secondary N) is 1. The molecule has 0 bridgehead atoms. The maximum absolute atomic E-state index is 4.08. The summed E-state index contributed by atoms with van der Waals surface area (Å²) in [4.78, 5) is 3.82. The van der Waals surface area contributed by atoms with E-state index >= 15 is 0 Å². The van der Waals surface area contributed by atoms with Crippen LogP contribution in [0.15, 0.2) is 18.2 Å². The fraction of sp³-hybridized carbons (Fsp3) is 0.556. The first-order valence-corrected chi connectivity index (χ1v) is 9.45. The van der Waals surface area contributed by atoms with Gasteiger partial charge in [-0.3, -0.25) is 0 Å². The topological polar surface area (TPSA) is 41.1 Å². The lowest BCUT2D eigenvalue weighted by Crippen LogP contribution is -2.42. The number of fused-ring (bicyclic) bond motifs is 1. The molecule has 5 heteroatoms. The highest BCUT2D eigenvalue weighted by Crippen LogP contribution is 2.28. The minimum absolute atomic E-state index is 0.613. The number of rotatable bonds is 4. The molecule has 2 aliphatic rings. The first kappa shape index (κ1) is 15.1. The second-order valence-corrected chi connectivity index (χ2v) is 7.57. The van der Waals surface area contributed by atoms with Crippen LogP contribution in [0.1, 0.15) is 41.0 Å². The van der Waals surface area contributed by atoms with Crippen LogP contribution in [-0.4, -0.2) is 28.7 Å². The third-order valence-corrected chi connectivity index (χ3v) is 6.06. The number of hydrogen-bond donors (Lipinski definition) is 1. The van der Waals surface area contributed by atoms with E-state index in [4.69, 9.17) is 0 Å². The number of anilines is 1. The van der Waals surface area contributed by atoms with Crippen LogP contribution in [0.25, 0.3) is 0 Å². The van der Waals surface area contributed by atoms with Crippen LogP contribution in [0.5, 0.6) is 0 Å². The van der Waals surface area contributed by atoms with Crippen molar-refractivity contribution < 1.29 is 0 Å². The molecule has 1 fully saturated rings. The summed E-state index contributed by atoms with van der Waals surface area (Å²) in [5.41, 5.74) is 5.64. The normalized spacial score (nSPS) is 18.4. The number of nitrogens with zero attached hydrogens (tertiary/aromatic N) is 3. The van der Waals surface area contributed by atoms with Gasteiger partial charge in [0.25, 0.3) is 0 Å². The van der Waals surface area contributed by atoms with E-state index < -0.39 is 0 Å². The molecule has 1 aliphatic carbocycles. The number of hydrogen-bond acceptors (Lipinski definition) is 5. The Kier molecular flexibility index (Phi) is 4.31. The predicted octanol–water partition coefficient (Wildman–Crippen LogP) is 3.09. The zero-order valence-corrected chi connectivity index (χ0v) is 14.5. The summed E-state index contributed by atoms with van der Waals surface area (Å²) < 4.78 is 4.01. The first-order valence-electron chi connectivity index (χ1n) is 8.67. The SMILES string of the molecule is Cc1nnsc1CNC1CCN(c2ccc3c(c2)CCC3)CC1. The zero-order valence-electron chi connectivity index (χ0n) is 13.7. The Morgan fingerprint density at radius 3 is 2.83 bits per heavy atom. The number of aryl methyl sites for hydroxylation is 3. The maximum atomic E-state index is 4.08. The molecule has 122 valence electrons. The Hall–Kier alpha value is -1.46. The van der Waals surface area contributed by atoms with E-state index in [-0.39, 0.29) is 0 Å². The maximum Gasteiger partial charge on any atom is 0.0769 e. The monoisotopic (exact) mass is 328 g/mol. The number of piperidine rings is 1. The Labute approximate surface area is 142 Å². The van der Waals surface area contributed by atoms with E-state index in [1.165, 1.54) is 54.2 Å². The average Bonchev–Trinajstić information content (AvgIpc) is 3.21. The molecular weight excluding hydrogens is 304 g/mol. The van der Waals surface area contributed by atoms with Gasteiger partial charge in [0.05, 0.1) is 10.6 Å². The summed E-state index contributed by atoms with van der Waals surface area (Å²) in [6.07, 6.45) is 6.29. The lowest BCUT2D eigenvalue weighted by Gasteiger charge is -2.34. The van der Waals surface area contributed by atoms with Gasteiger partial charge in [0.2, 0.25) is 0 Å². The molecule has 2 aromatic rings. The second-order valence-electron chi connectivity index (χ2n) is 6.73. The van der Waals surface area contributed by atoms with E-state index in [1.807, 2.05) is 6.92 Å². The molecule has 0 atom stereocenters. The van der Waals surface area contributed by atoms with Crippen LogP contribution in [-0.2, 0) is 19.4 Å². The van der Waals surface area contributed by atoms with Gasteiger partial charge in [-0.15, -0.1) is 5.10 Å². The summed E-state index contributed by atoms with van der Waals surface area (Å²) in [6.45, 7) is 5.25. The zero-order chi connectivity index (χ0) is 15.6. The van der Waals surface area contributed by atoms with Gasteiger partial charge in [-0.2, -0.15) is 0 Å². The van der Waals surface area contributed by atoms with Crippen LogP contribution < -0.4 is 10.2 Å². The molecule has 0 unspecified atom stereocenters. The molecule has 1 saturated heterocycles. The number of aromatic nitrogens is 2. The summed E-state index contributed by atoms with van der Waals surface area (Å²) in [5, 5.41) is 7.76. The molecule has 2 heterocycles. The predicted molar refractivity (Wildman–Crippen MR) is 95.2 cm³/mol. The minimum atomic E-state index is 0.613. The molecule has 23 heavy (non-hydrogen) atoms. The second kappa shape index (κ2) is 6.57. The van der Waals surface area contributed by atoms with Crippen molar-refractivity contribution in [2.45, 2.75) is 51.6 Å². The lowest BCUT2D eigenvalue weighted by atomic mass is 10.0. The van der Waals surface area contributed by atoms with Gasteiger partial charge in [-0.1, -0.05) is 10.6 Å². The van der Waals surface area contributed by atoms with E-state index in [0.29, 0.717) is 6.04 Å². The van der Waals surface area contributed by atoms with Crippen LogP contribution in [0.3, 0.4) is 0 Å². The van der Waals surface area contributed by atoms with Crippen molar-refractivity contribution >= 4 is 17.2 Å². The fourth-order valence-corrected chi connectivity index (χ4v) is 4.33. The van der Waals surface area contributed by atoms with Crippen molar-refractivity contribution in [3.8, 4) is 0 Å². The van der Waals surface area contributed by atoms with Crippen LogP contribution in [0, 0.1) is 6.92 Å². The van der Waals surface area contributed by atoms with Gasteiger partial charge in [0.15, 0.2) is 0 Å². The van der Waals surface area contributed by atoms with E-state index in [9.17, 15) is 0 Å². The summed E-state index contributed by atoms with van der Waals surface area (Å²) in [7, 11) is 0. The van der Waals surface area contributed by atoms with Gasteiger partial charge >= 0.3 is 0 Å². The molecule has 1 N–H and O–H groups in total. The number of benzene rings is 1. The highest BCUT2D eigenvalue weighted by atomic mass is 32.1. The van der Waals surface area contributed by atoms with Crippen LogP contribution in [0.2, 0.25) is 0 Å². The summed E-state index contributed by atoms with van der Waals surface area (Å²) in [5.74, 6) is 0. The van der Waals surface area contributed by atoms with Gasteiger partial charge < -0.3 is 10.2 Å². The fourth-order valence-electron chi connectivity index (χ4n) is 3.75. The van der Waals surface area contributed by atoms with E-state index in [0.717, 1.165) is 25.3 Å². The van der Waals surface area contributed by atoms with Gasteiger partial charge in [0.1, 0.15) is 0 Å². The minimum Gasteiger partial charge on any atom is -0.371 e. The van der Waals surface area contributed by atoms with Crippen LogP contribution in [0.4, 0.5) is 5.69 Å². The molecule has 4 rings (SSSR count). The van der Waals surface area contributed by atoms with Gasteiger partial charge in [0, 0.05) is 31.4 Å². The molecule has 4 nitrogen and oxygen atoms in total. The Bertz CT molecular complexity index is 673. The highest BCUT2D eigenvalue weighted by Gasteiger charge is 2.21. The average molecular weight is 328 g/mol. The van der Waals surface area contributed by atoms with Gasteiger partial charge in [-0.05, 0) is 73.8 Å². The molecule has 1 aliphatic heterocycles. The Morgan fingerprint density at radius 1 is 1.22 bits per heavy atom. The lowest BCUT2D eigenvalue weighted by molar-refractivity contribution is 0.415. The largest absolute Gasteiger partial charge is 0.371 e. The molecule has 0 spiro atoms. The molecule has 0 saturated carbocycles. The van der Waals surface area contributed by atoms with Crippen molar-refractivity contribution in [1.29, 1.82) is 0 Å². The molecule has 0 radical (unpaired) electrons. The van der Waals surface area contributed by atoms with Crippen molar-refractivity contribution in [1.82, 2.24) is 14.9 Å². The van der Waals surface area contributed by atoms with Crippen LogP contribution >= 0.6 is 11.5 Å². The standard InChI is InChI=1S/C18H24N4S/c1-13-18(23-21-20-13)12-19-16-7-9-22(10-8-16)17-6-5-14-3-2-4-15(14)11-17/h5-6,11,16,19H,2-4,7-10,12H2,1H3. The smallest absolute Gasteiger partial charge is 0.0769 e. The van der Waals surface area contributed by atoms with Crippen molar-refractivity contribution in [3.63, 3.8) is 0 Å². The summed E-state index contributed by atoms with van der Waals surface area (Å²) in [6, 6.07) is 7.72. The molecular formula is C18H24N4S. The van der Waals surface area contributed by atoms with Crippen molar-refractivity contribution in [3.05, 3.63) is 39.9 Å². The first-order chi connectivity index (χ1) is 11.3. The quantitative estimate of drug-likeness (QED) is 0.936. The summed E-state index contributed by atoms with van der Waals surface area (Å²) >= 11 is 1.51. The molecule has 0 amide bonds. The van der Waals surface area contributed by atoms with E-state index in [2.05, 4.69) is 38.0 Å². The van der Waals surface area contributed by atoms with Gasteiger partial charge in [-0.25, -0.2) is 0 Å². The third-order valence-electron chi connectivity index (χ3n) is 5.24. The van der Waals surface area contributed by atoms with E-state index in [1.54, 1.807) is 11.1 Å².